The van der Waals surface area contributed by atoms with Gasteiger partial charge in [0.05, 0.1) is 32.1 Å². The van der Waals surface area contributed by atoms with Crippen molar-refractivity contribution in [3.8, 4) is 5.75 Å². The fourth-order valence-corrected chi connectivity index (χ4v) is 3.70. The molecule has 0 unspecified atom stereocenters. The van der Waals surface area contributed by atoms with Gasteiger partial charge in [-0.15, -0.1) is 0 Å². The molecule has 0 spiro atoms. The molecule has 0 bridgehead atoms. The Labute approximate surface area is 178 Å². The number of ether oxygens (including phenoxy) is 2. The van der Waals surface area contributed by atoms with Gasteiger partial charge in [0.1, 0.15) is 29.9 Å². The molecule has 4 rings (SSSR count). The molecule has 2 aromatic heterocycles. The van der Waals surface area contributed by atoms with Crippen LogP contribution in [0.5, 0.6) is 5.75 Å². The van der Waals surface area contributed by atoms with E-state index in [4.69, 9.17) is 20.9 Å². The van der Waals surface area contributed by atoms with Crippen LogP contribution in [0.25, 0.3) is 11.2 Å². The highest BCUT2D eigenvalue weighted by atomic mass is 16.5. The summed E-state index contributed by atoms with van der Waals surface area (Å²) in [6.07, 6.45) is 2.65. The summed E-state index contributed by atoms with van der Waals surface area (Å²) in [5, 5.41) is 12.7. The van der Waals surface area contributed by atoms with E-state index < -0.39 is 24.4 Å². The van der Waals surface area contributed by atoms with Crippen molar-refractivity contribution in [2.45, 2.75) is 37.3 Å². The quantitative estimate of drug-likeness (QED) is 0.398. The third-order valence-electron chi connectivity index (χ3n) is 5.39. The van der Waals surface area contributed by atoms with Crippen LogP contribution in [0.4, 0.5) is 5.82 Å². The van der Waals surface area contributed by atoms with Crippen molar-refractivity contribution in [2.75, 3.05) is 19.5 Å². The second-order valence-electron chi connectivity index (χ2n) is 7.40. The van der Waals surface area contributed by atoms with E-state index in [1.807, 2.05) is 24.3 Å². The molecule has 4 atom stereocenters. The second-order valence-corrected chi connectivity index (χ2v) is 7.40. The molecule has 6 N–H and O–H groups in total. The number of nitrogens with two attached hydrogens (primary N) is 2. The summed E-state index contributed by atoms with van der Waals surface area (Å²) in [6, 6.07) is 6.23. The number of nitrogens with zero attached hydrogens (tertiary/aromatic N) is 4. The van der Waals surface area contributed by atoms with Crippen molar-refractivity contribution in [3.63, 3.8) is 0 Å². The lowest BCUT2D eigenvalue weighted by molar-refractivity contribution is -0.123. The molecule has 3 aromatic rings. The molecule has 3 heterocycles. The third kappa shape index (κ3) is 4.29. The van der Waals surface area contributed by atoms with Crippen LogP contribution in [-0.2, 0) is 16.0 Å². The molecule has 1 aliphatic heterocycles. The van der Waals surface area contributed by atoms with E-state index in [0.717, 1.165) is 11.3 Å². The number of aliphatic hydroxyl groups is 1. The van der Waals surface area contributed by atoms with Gasteiger partial charge in [0.25, 0.3) is 0 Å². The van der Waals surface area contributed by atoms with Crippen molar-refractivity contribution in [1.29, 1.82) is 0 Å². The van der Waals surface area contributed by atoms with E-state index in [0.29, 0.717) is 24.0 Å². The average molecular weight is 427 g/mol. The molecule has 11 nitrogen and oxygen atoms in total. The van der Waals surface area contributed by atoms with Crippen LogP contribution < -0.4 is 21.5 Å². The largest absolute Gasteiger partial charge is 0.497 e. The Morgan fingerprint density at radius 3 is 2.84 bits per heavy atom. The number of methoxy groups -OCH3 is 1. The summed E-state index contributed by atoms with van der Waals surface area (Å²) < 4.78 is 12.8. The molecule has 11 heteroatoms. The first-order chi connectivity index (χ1) is 15.0. The minimum atomic E-state index is -0.742. The summed E-state index contributed by atoms with van der Waals surface area (Å²) in [4.78, 5) is 25.1. The summed E-state index contributed by atoms with van der Waals surface area (Å²) in [7, 11) is 1.59. The Kier molecular flexibility index (Phi) is 5.98. The number of aliphatic hydroxyl groups excluding tert-OH is 1. The van der Waals surface area contributed by atoms with Gasteiger partial charge in [0.2, 0.25) is 5.91 Å². The lowest BCUT2D eigenvalue weighted by Gasteiger charge is -2.20. The van der Waals surface area contributed by atoms with Crippen LogP contribution in [0, 0.1) is 0 Å². The number of amides is 1. The number of benzene rings is 1. The van der Waals surface area contributed by atoms with Gasteiger partial charge in [-0.3, -0.25) is 9.36 Å². The first-order valence-corrected chi connectivity index (χ1v) is 9.88. The summed E-state index contributed by atoms with van der Waals surface area (Å²) in [5.74, 6) is 0.696. The molecule has 0 radical (unpaired) electrons. The van der Waals surface area contributed by atoms with Gasteiger partial charge in [0, 0.05) is 6.42 Å². The highest BCUT2D eigenvalue weighted by Gasteiger charge is 2.38. The number of carbonyl (C=O) groups excluding carboxylic acids is 1. The van der Waals surface area contributed by atoms with Gasteiger partial charge in [-0.05, 0) is 24.1 Å². The normalized spacial score (nSPS) is 21.8. The molecular weight excluding hydrogens is 402 g/mol. The first kappa shape index (κ1) is 21.0. The molecule has 1 aliphatic rings. The first-order valence-electron chi connectivity index (χ1n) is 9.88. The molecule has 1 aromatic carbocycles. The summed E-state index contributed by atoms with van der Waals surface area (Å²) in [6.45, 7) is -0.251. The average Bonchev–Trinajstić information content (AvgIpc) is 3.38. The van der Waals surface area contributed by atoms with Gasteiger partial charge >= 0.3 is 0 Å². The molecule has 1 amide bonds. The molecule has 31 heavy (non-hydrogen) atoms. The second kappa shape index (κ2) is 8.84. The lowest BCUT2D eigenvalue weighted by atomic mass is 10.0. The number of rotatable bonds is 7. The maximum atomic E-state index is 12.7. The van der Waals surface area contributed by atoms with Crippen LogP contribution in [0.1, 0.15) is 18.2 Å². The van der Waals surface area contributed by atoms with Gasteiger partial charge in [-0.2, -0.15) is 0 Å². The number of nitrogen functional groups attached to an aromatic ring is 1. The van der Waals surface area contributed by atoms with E-state index in [9.17, 15) is 9.90 Å². The van der Waals surface area contributed by atoms with Crippen LogP contribution in [-0.4, -0.2) is 62.4 Å². The van der Waals surface area contributed by atoms with Crippen molar-refractivity contribution in [2.24, 2.45) is 5.73 Å². The maximum absolute atomic E-state index is 12.7. The number of anilines is 1. The summed E-state index contributed by atoms with van der Waals surface area (Å²) >= 11 is 0. The number of hydrogen-bond acceptors (Lipinski definition) is 9. The number of fused-ring (bicyclic) bond motifs is 1. The SMILES string of the molecule is COc1ccc(C[C@H](N)C(=O)N[C@H]2C[C@H](n3cnc4c(N)ncnc43)O[C@@H]2CO)cc1. The van der Waals surface area contributed by atoms with E-state index in [-0.39, 0.29) is 18.3 Å². The van der Waals surface area contributed by atoms with Crippen molar-refractivity contribution in [3.05, 3.63) is 42.5 Å². The van der Waals surface area contributed by atoms with Gasteiger partial charge in [0.15, 0.2) is 11.5 Å². The van der Waals surface area contributed by atoms with E-state index in [1.54, 1.807) is 18.0 Å². The number of imidazole rings is 1. The molecule has 0 aliphatic carbocycles. The van der Waals surface area contributed by atoms with Crippen LogP contribution >= 0.6 is 0 Å². The molecule has 0 saturated carbocycles. The number of nitrogens with one attached hydrogen (secondary N) is 1. The molecule has 1 saturated heterocycles. The predicted octanol–water partition coefficient (Wildman–Crippen LogP) is -0.248. The summed E-state index contributed by atoms with van der Waals surface area (Å²) in [5.41, 5.74) is 13.9. The van der Waals surface area contributed by atoms with E-state index >= 15 is 0 Å². The minimum Gasteiger partial charge on any atom is -0.497 e. The Balaban J connectivity index is 1.42. The fourth-order valence-electron chi connectivity index (χ4n) is 3.70. The predicted molar refractivity (Wildman–Crippen MR) is 112 cm³/mol. The topological polar surface area (TPSA) is 163 Å². The van der Waals surface area contributed by atoms with Gasteiger partial charge in [-0.25, -0.2) is 15.0 Å². The maximum Gasteiger partial charge on any atom is 0.237 e. The Hall–Kier alpha value is -3.28. The van der Waals surface area contributed by atoms with Crippen molar-refractivity contribution < 1.29 is 19.4 Å². The standard InChI is InChI=1S/C20H25N7O4/c1-30-12-4-2-11(3-5-12)6-13(21)20(29)26-14-7-16(31-15(14)8-28)27-10-25-17-18(22)23-9-24-19(17)27/h2-5,9-10,13-16,28H,6-8,21H2,1H3,(H,26,29)(H2,22,23,24)/t13-,14-,15+,16+/m0/s1. The lowest BCUT2D eigenvalue weighted by Crippen LogP contribution is -2.49. The zero-order valence-corrected chi connectivity index (χ0v) is 17.0. The number of carbonyl (C=O) groups is 1. The van der Waals surface area contributed by atoms with Crippen LogP contribution in [0.3, 0.4) is 0 Å². The van der Waals surface area contributed by atoms with Gasteiger partial charge in [-0.1, -0.05) is 12.1 Å². The van der Waals surface area contributed by atoms with E-state index in [2.05, 4.69) is 20.3 Å². The van der Waals surface area contributed by atoms with E-state index in [1.165, 1.54) is 6.33 Å². The monoisotopic (exact) mass is 427 g/mol. The molecular formula is C20H25N7O4. The smallest absolute Gasteiger partial charge is 0.237 e. The minimum absolute atomic E-state index is 0.251. The number of hydrogen-bond donors (Lipinski definition) is 4. The number of aromatic nitrogens is 4. The van der Waals surface area contributed by atoms with Gasteiger partial charge < -0.3 is 31.4 Å². The van der Waals surface area contributed by atoms with Crippen LogP contribution in [0.15, 0.2) is 36.9 Å². The zero-order chi connectivity index (χ0) is 22.0. The molecule has 164 valence electrons. The van der Waals surface area contributed by atoms with Crippen LogP contribution in [0.2, 0.25) is 0 Å². The highest BCUT2D eigenvalue weighted by Crippen LogP contribution is 2.31. The van der Waals surface area contributed by atoms with Crippen molar-refractivity contribution >= 4 is 22.9 Å². The zero-order valence-electron chi connectivity index (χ0n) is 17.0. The Morgan fingerprint density at radius 2 is 2.13 bits per heavy atom. The highest BCUT2D eigenvalue weighted by molar-refractivity contribution is 5.82. The molecule has 1 fully saturated rings. The Morgan fingerprint density at radius 1 is 1.35 bits per heavy atom. The third-order valence-corrected chi connectivity index (χ3v) is 5.39. The Bertz CT molecular complexity index is 1060. The fraction of sp³-hybridized carbons (Fsp3) is 0.400. The van der Waals surface area contributed by atoms with Crippen molar-refractivity contribution in [1.82, 2.24) is 24.8 Å².